The van der Waals surface area contributed by atoms with Crippen molar-refractivity contribution in [2.24, 2.45) is 12.1 Å². The molecule has 26 heavy (non-hydrogen) atoms. The van der Waals surface area contributed by atoms with Crippen LogP contribution in [0.15, 0.2) is 53.8 Å². The number of rotatable bonds is 5. The third-order valence-corrected chi connectivity index (χ3v) is 4.27. The molecule has 134 valence electrons. The van der Waals surface area contributed by atoms with Gasteiger partial charge in [-0.2, -0.15) is 5.10 Å². The smallest absolute Gasteiger partial charge is 0.273 e. The number of benzene rings is 2. The Hall–Kier alpha value is -3.28. The topological polar surface area (TPSA) is 64.8 Å². The van der Waals surface area contributed by atoms with E-state index in [4.69, 9.17) is 9.47 Å². The molecule has 1 aromatic heterocycles. The van der Waals surface area contributed by atoms with Gasteiger partial charge in [0.25, 0.3) is 5.91 Å². The Morgan fingerprint density at radius 1 is 1.08 bits per heavy atom. The first-order valence-electron chi connectivity index (χ1n) is 8.16. The summed E-state index contributed by atoms with van der Waals surface area (Å²) in [4.78, 5) is 12.6. The highest BCUT2D eigenvalue weighted by atomic mass is 16.5. The molecule has 0 saturated heterocycles. The second kappa shape index (κ2) is 7.31. The molecule has 2 aromatic carbocycles. The number of methoxy groups -OCH3 is 2. The first-order chi connectivity index (χ1) is 12.5. The maximum Gasteiger partial charge on any atom is 0.273 e. The minimum Gasteiger partial charge on any atom is -0.493 e. The highest BCUT2D eigenvalue weighted by molar-refractivity contribution is 6.08. The normalized spacial score (nSPS) is 11.5. The number of carbonyl (C=O) groups excluding carboxylic acids is 1. The zero-order valence-corrected chi connectivity index (χ0v) is 15.2. The molecule has 1 amide bonds. The van der Waals surface area contributed by atoms with Gasteiger partial charge in [0, 0.05) is 29.7 Å². The summed E-state index contributed by atoms with van der Waals surface area (Å²) < 4.78 is 12.5. The minimum atomic E-state index is -0.248. The molecule has 0 aliphatic rings. The average Bonchev–Trinajstić information content (AvgIpc) is 3.02. The Kier molecular flexibility index (Phi) is 4.93. The van der Waals surface area contributed by atoms with Crippen molar-refractivity contribution in [2.45, 2.75) is 6.92 Å². The molecule has 0 fully saturated rings. The molecule has 0 radical (unpaired) electrons. The lowest BCUT2D eigenvalue weighted by atomic mass is 10.1. The van der Waals surface area contributed by atoms with E-state index in [9.17, 15) is 4.79 Å². The Labute approximate surface area is 152 Å². The maximum absolute atomic E-state index is 12.6. The Morgan fingerprint density at radius 2 is 1.81 bits per heavy atom. The summed E-state index contributed by atoms with van der Waals surface area (Å²) in [6, 6.07) is 13.3. The molecular formula is C20H21N3O3. The van der Waals surface area contributed by atoms with Crippen LogP contribution in [-0.2, 0) is 7.05 Å². The highest BCUT2D eigenvalue weighted by Crippen LogP contribution is 2.27. The number of nitrogens with zero attached hydrogens (tertiary/aromatic N) is 2. The first-order valence-corrected chi connectivity index (χ1v) is 8.16. The molecule has 0 spiro atoms. The van der Waals surface area contributed by atoms with Gasteiger partial charge in [0.2, 0.25) is 0 Å². The van der Waals surface area contributed by atoms with Crippen LogP contribution in [0.4, 0.5) is 0 Å². The van der Waals surface area contributed by atoms with Crippen molar-refractivity contribution in [1.82, 2.24) is 9.99 Å². The summed E-state index contributed by atoms with van der Waals surface area (Å²) >= 11 is 0. The number of fused-ring (bicyclic) bond motifs is 1. The zero-order valence-electron chi connectivity index (χ0n) is 15.2. The lowest BCUT2D eigenvalue weighted by molar-refractivity contribution is 0.0956. The fourth-order valence-electron chi connectivity index (χ4n) is 2.84. The van der Waals surface area contributed by atoms with Gasteiger partial charge in [-0.15, -0.1) is 0 Å². The van der Waals surface area contributed by atoms with Gasteiger partial charge in [-0.3, -0.25) is 4.79 Å². The number of amides is 1. The van der Waals surface area contributed by atoms with E-state index in [2.05, 4.69) is 10.5 Å². The predicted octanol–water partition coefficient (Wildman–Crippen LogP) is 3.35. The van der Waals surface area contributed by atoms with Crippen molar-refractivity contribution >= 4 is 22.5 Å². The Balaban J connectivity index is 1.83. The van der Waals surface area contributed by atoms with Gasteiger partial charge in [0.05, 0.1) is 25.5 Å². The molecule has 3 aromatic rings. The summed E-state index contributed by atoms with van der Waals surface area (Å²) in [7, 11) is 5.08. The number of hydrogen-bond acceptors (Lipinski definition) is 4. The predicted molar refractivity (Wildman–Crippen MR) is 102 cm³/mol. The second-order valence-corrected chi connectivity index (χ2v) is 5.88. The number of aryl methyl sites for hydroxylation is 1. The van der Waals surface area contributed by atoms with Gasteiger partial charge in [0.1, 0.15) is 0 Å². The van der Waals surface area contributed by atoms with Crippen LogP contribution in [0.5, 0.6) is 11.5 Å². The molecule has 1 N–H and O–H groups in total. The number of hydrazone groups is 1. The first kappa shape index (κ1) is 17.5. The van der Waals surface area contributed by atoms with Crippen LogP contribution >= 0.6 is 0 Å². The van der Waals surface area contributed by atoms with Gasteiger partial charge in [-0.1, -0.05) is 18.2 Å². The van der Waals surface area contributed by atoms with E-state index >= 15 is 0 Å². The molecule has 6 nitrogen and oxygen atoms in total. The van der Waals surface area contributed by atoms with Gasteiger partial charge in [0.15, 0.2) is 11.5 Å². The van der Waals surface area contributed by atoms with E-state index in [0.717, 1.165) is 16.5 Å². The van der Waals surface area contributed by atoms with E-state index in [1.807, 2.05) is 54.9 Å². The van der Waals surface area contributed by atoms with E-state index in [1.165, 1.54) is 0 Å². The highest BCUT2D eigenvalue weighted by Gasteiger charge is 2.13. The molecular weight excluding hydrogens is 330 g/mol. The molecule has 0 unspecified atom stereocenters. The van der Waals surface area contributed by atoms with E-state index in [0.29, 0.717) is 22.8 Å². The third kappa shape index (κ3) is 3.26. The summed E-state index contributed by atoms with van der Waals surface area (Å²) in [6.07, 6.45) is 1.81. The Bertz CT molecular complexity index is 989. The van der Waals surface area contributed by atoms with Gasteiger partial charge < -0.3 is 14.0 Å². The van der Waals surface area contributed by atoms with Crippen molar-refractivity contribution in [2.75, 3.05) is 14.2 Å². The number of nitrogens with one attached hydrogen (secondary N) is 1. The number of para-hydroxylation sites is 1. The van der Waals surface area contributed by atoms with Crippen LogP contribution in [0.25, 0.3) is 10.9 Å². The van der Waals surface area contributed by atoms with Gasteiger partial charge >= 0.3 is 0 Å². The summed E-state index contributed by atoms with van der Waals surface area (Å²) in [5.74, 6) is 1.00. The fraction of sp³-hybridized carbons (Fsp3) is 0.200. The lowest BCUT2D eigenvalue weighted by Gasteiger charge is -2.09. The van der Waals surface area contributed by atoms with Crippen LogP contribution in [0, 0.1) is 0 Å². The van der Waals surface area contributed by atoms with Crippen LogP contribution in [0.1, 0.15) is 22.8 Å². The summed E-state index contributed by atoms with van der Waals surface area (Å²) in [5.41, 5.74) is 5.72. The fourth-order valence-corrected chi connectivity index (χ4v) is 2.84. The largest absolute Gasteiger partial charge is 0.493 e. The molecule has 6 heteroatoms. The van der Waals surface area contributed by atoms with E-state index < -0.39 is 0 Å². The summed E-state index contributed by atoms with van der Waals surface area (Å²) in [5, 5.41) is 5.12. The van der Waals surface area contributed by atoms with Crippen LogP contribution in [0.2, 0.25) is 0 Å². The third-order valence-electron chi connectivity index (χ3n) is 4.27. The second-order valence-electron chi connectivity index (χ2n) is 5.88. The van der Waals surface area contributed by atoms with E-state index in [1.54, 1.807) is 26.5 Å². The van der Waals surface area contributed by atoms with Crippen LogP contribution < -0.4 is 14.9 Å². The standard InChI is InChI=1S/C20H21N3O3/c1-13(14-9-10-18(25-3)19(11-14)26-4)21-22-20(24)16-12-23(2)17-8-6-5-7-15(16)17/h5-12H,1-4H3,(H,22,24)/b21-13+. The van der Waals surface area contributed by atoms with Gasteiger partial charge in [-0.05, 0) is 31.2 Å². The maximum atomic E-state index is 12.6. The minimum absolute atomic E-state index is 0.248. The van der Waals surface area contributed by atoms with Gasteiger partial charge in [-0.25, -0.2) is 5.43 Å². The monoisotopic (exact) mass is 351 g/mol. The Morgan fingerprint density at radius 3 is 2.54 bits per heavy atom. The SMILES string of the molecule is COc1ccc(/C(C)=N/NC(=O)c2cn(C)c3ccccc23)cc1OC. The van der Waals surface area contributed by atoms with Crippen LogP contribution in [-0.4, -0.2) is 30.4 Å². The lowest BCUT2D eigenvalue weighted by Crippen LogP contribution is -2.19. The van der Waals surface area contributed by atoms with Crippen molar-refractivity contribution in [3.8, 4) is 11.5 Å². The van der Waals surface area contributed by atoms with Crippen molar-refractivity contribution in [1.29, 1.82) is 0 Å². The van der Waals surface area contributed by atoms with Crippen molar-refractivity contribution < 1.29 is 14.3 Å². The molecule has 0 aliphatic carbocycles. The molecule has 3 rings (SSSR count). The molecule has 0 atom stereocenters. The number of hydrogen-bond donors (Lipinski definition) is 1. The molecule has 0 bridgehead atoms. The van der Waals surface area contributed by atoms with E-state index in [-0.39, 0.29) is 5.91 Å². The quantitative estimate of drug-likeness (QED) is 0.566. The summed E-state index contributed by atoms with van der Waals surface area (Å²) in [6.45, 7) is 1.82. The molecule has 0 saturated carbocycles. The zero-order chi connectivity index (χ0) is 18.7. The average molecular weight is 351 g/mol. The number of aromatic nitrogens is 1. The van der Waals surface area contributed by atoms with Crippen LogP contribution in [0.3, 0.4) is 0 Å². The molecule has 1 heterocycles. The van der Waals surface area contributed by atoms with Crippen molar-refractivity contribution in [3.05, 3.63) is 59.8 Å². The van der Waals surface area contributed by atoms with Crippen molar-refractivity contribution in [3.63, 3.8) is 0 Å². The number of carbonyl (C=O) groups is 1. The molecule has 0 aliphatic heterocycles. The number of ether oxygens (including phenoxy) is 2.